The fourth-order valence-corrected chi connectivity index (χ4v) is 1.92. The van der Waals surface area contributed by atoms with E-state index < -0.39 is 0 Å². The van der Waals surface area contributed by atoms with Gasteiger partial charge in [-0.15, -0.1) is 0 Å². The smallest absolute Gasteiger partial charge is 0.0715 e. The Morgan fingerprint density at radius 3 is 2.77 bits per heavy atom. The molecule has 2 rings (SSSR count). The van der Waals surface area contributed by atoms with Crippen molar-refractivity contribution in [3.63, 3.8) is 0 Å². The first-order valence-corrected chi connectivity index (χ1v) is 5.35. The Morgan fingerprint density at radius 2 is 2.23 bits per heavy atom. The fraction of sp³-hybridized carbons (Fsp3) is 1.00. The molecule has 2 fully saturated rings. The minimum absolute atomic E-state index is 0.205. The standard InChI is InChI=1S/C10H19NO2/c12-10(8-4-5-13-7-8)6-11-9-2-1-3-9/h8-12H,1-7H2. The van der Waals surface area contributed by atoms with Gasteiger partial charge in [-0.1, -0.05) is 6.42 Å². The van der Waals surface area contributed by atoms with Crippen LogP contribution in [0.25, 0.3) is 0 Å². The lowest BCUT2D eigenvalue weighted by atomic mass is 9.92. The zero-order valence-corrected chi connectivity index (χ0v) is 8.04. The molecule has 1 aliphatic heterocycles. The predicted molar refractivity (Wildman–Crippen MR) is 50.6 cm³/mol. The van der Waals surface area contributed by atoms with Crippen molar-refractivity contribution in [2.75, 3.05) is 19.8 Å². The molecule has 1 heterocycles. The highest BCUT2D eigenvalue weighted by atomic mass is 16.5. The van der Waals surface area contributed by atoms with Gasteiger partial charge in [-0.3, -0.25) is 0 Å². The predicted octanol–water partition coefficient (Wildman–Crippen LogP) is 0.526. The van der Waals surface area contributed by atoms with Crippen LogP contribution in [0.5, 0.6) is 0 Å². The molecule has 13 heavy (non-hydrogen) atoms. The summed E-state index contributed by atoms with van der Waals surface area (Å²) in [4.78, 5) is 0. The van der Waals surface area contributed by atoms with E-state index in [1.54, 1.807) is 0 Å². The molecule has 2 aliphatic rings. The van der Waals surface area contributed by atoms with E-state index in [4.69, 9.17) is 4.74 Å². The fourth-order valence-electron chi connectivity index (χ4n) is 1.92. The van der Waals surface area contributed by atoms with Gasteiger partial charge in [0.25, 0.3) is 0 Å². The molecule has 1 aliphatic carbocycles. The van der Waals surface area contributed by atoms with Gasteiger partial charge >= 0.3 is 0 Å². The molecule has 0 amide bonds. The zero-order valence-electron chi connectivity index (χ0n) is 8.04. The molecule has 0 spiro atoms. The number of nitrogens with one attached hydrogen (secondary N) is 1. The van der Waals surface area contributed by atoms with Gasteiger partial charge in [-0.05, 0) is 19.3 Å². The largest absolute Gasteiger partial charge is 0.391 e. The van der Waals surface area contributed by atoms with Gasteiger partial charge < -0.3 is 15.2 Å². The second-order valence-corrected chi connectivity index (χ2v) is 4.23. The summed E-state index contributed by atoms with van der Waals surface area (Å²) in [6.45, 7) is 2.32. The molecule has 3 heteroatoms. The van der Waals surface area contributed by atoms with Crippen molar-refractivity contribution in [3.8, 4) is 0 Å². The van der Waals surface area contributed by atoms with Crippen molar-refractivity contribution in [2.45, 2.75) is 37.8 Å². The van der Waals surface area contributed by atoms with Crippen LogP contribution in [0, 0.1) is 5.92 Å². The maximum atomic E-state index is 9.77. The highest BCUT2D eigenvalue weighted by Gasteiger charge is 2.25. The summed E-state index contributed by atoms with van der Waals surface area (Å²) in [7, 11) is 0. The third kappa shape index (κ3) is 2.42. The first kappa shape index (κ1) is 9.44. The maximum absolute atomic E-state index is 9.77. The summed E-state index contributed by atoms with van der Waals surface area (Å²) in [5.74, 6) is 0.368. The van der Waals surface area contributed by atoms with E-state index in [1.807, 2.05) is 0 Å². The van der Waals surface area contributed by atoms with E-state index in [2.05, 4.69) is 5.32 Å². The average Bonchev–Trinajstić information content (AvgIpc) is 2.52. The lowest BCUT2D eigenvalue weighted by Crippen LogP contribution is -2.42. The normalized spacial score (nSPS) is 31.6. The molecule has 2 unspecified atom stereocenters. The summed E-state index contributed by atoms with van der Waals surface area (Å²) < 4.78 is 5.24. The molecule has 0 radical (unpaired) electrons. The maximum Gasteiger partial charge on any atom is 0.0715 e. The quantitative estimate of drug-likeness (QED) is 0.671. The Balaban J connectivity index is 1.62. The Bertz CT molecular complexity index is 153. The Hall–Kier alpha value is -0.120. The van der Waals surface area contributed by atoms with Crippen molar-refractivity contribution in [3.05, 3.63) is 0 Å². The second-order valence-electron chi connectivity index (χ2n) is 4.23. The van der Waals surface area contributed by atoms with Crippen LogP contribution in [-0.2, 0) is 4.74 Å². The Labute approximate surface area is 79.5 Å². The summed E-state index contributed by atoms with van der Waals surface area (Å²) in [5, 5.41) is 13.2. The first-order chi connectivity index (χ1) is 6.36. The van der Waals surface area contributed by atoms with Crippen molar-refractivity contribution < 1.29 is 9.84 Å². The van der Waals surface area contributed by atoms with Crippen LogP contribution in [0.2, 0.25) is 0 Å². The molecule has 1 saturated carbocycles. The van der Waals surface area contributed by atoms with Gasteiger partial charge in [0.05, 0.1) is 12.7 Å². The van der Waals surface area contributed by atoms with Crippen LogP contribution < -0.4 is 5.32 Å². The lowest BCUT2D eigenvalue weighted by molar-refractivity contribution is 0.0852. The molecular weight excluding hydrogens is 166 g/mol. The van der Waals surface area contributed by atoms with Crippen molar-refractivity contribution in [2.24, 2.45) is 5.92 Å². The summed E-state index contributed by atoms with van der Waals surface area (Å²) in [6, 6.07) is 0.678. The average molecular weight is 185 g/mol. The Kier molecular flexibility index (Phi) is 3.19. The van der Waals surface area contributed by atoms with Crippen LogP contribution in [0.1, 0.15) is 25.7 Å². The summed E-state index contributed by atoms with van der Waals surface area (Å²) in [6.07, 6.45) is 4.73. The van der Waals surface area contributed by atoms with Crippen LogP contribution in [0.15, 0.2) is 0 Å². The third-order valence-electron chi connectivity index (χ3n) is 3.23. The second kappa shape index (κ2) is 4.40. The van der Waals surface area contributed by atoms with Crippen molar-refractivity contribution in [1.29, 1.82) is 0 Å². The number of hydrogen-bond acceptors (Lipinski definition) is 3. The van der Waals surface area contributed by atoms with E-state index in [9.17, 15) is 5.11 Å². The number of hydrogen-bond donors (Lipinski definition) is 2. The van der Waals surface area contributed by atoms with Crippen LogP contribution in [0.3, 0.4) is 0 Å². The van der Waals surface area contributed by atoms with Gasteiger partial charge in [0.15, 0.2) is 0 Å². The highest BCUT2D eigenvalue weighted by molar-refractivity contribution is 4.80. The van der Waals surface area contributed by atoms with Gasteiger partial charge in [0.1, 0.15) is 0 Å². The number of ether oxygens (including phenoxy) is 1. The molecule has 2 N–H and O–H groups in total. The van der Waals surface area contributed by atoms with Crippen molar-refractivity contribution >= 4 is 0 Å². The Morgan fingerprint density at radius 1 is 1.38 bits per heavy atom. The van der Waals surface area contributed by atoms with E-state index in [0.29, 0.717) is 12.0 Å². The van der Waals surface area contributed by atoms with Crippen LogP contribution in [-0.4, -0.2) is 37.0 Å². The molecule has 76 valence electrons. The van der Waals surface area contributed by atoms with Gasteiger partial charge in [0.2, 0.25) is 0 Å². The molecule has 3 nitrogen and oxygen atoms in total. The van der Waals surface area contributed by atoms with E-state index in [1.165, 1.54) is 19.3 Å². The monoisotopic (exact) mass is 185 g/mol. The number of aliphatic hydroxyl groups excluding tert-OH is 1. The first-order valence-electron chi connectivity index (χ1n) is 5.35. The van der Waals surface area contributed by atoms with Crippen LogP contribution >= 0.6 is 0 Å². The van der Waals surface area contributed by atoms with E-state index in [-0.39, 0.29) is 6.10 Å². The van der Waals surface area contributed by atoms with Crippen LogP contribution in [0.4, 0.5) is 0 Å². The van der Waals surface area contributed by atoms with Gasteiger partial charge in [0, 0.05) is 25.1 Å². The molecule has 0 aromatic heterocycles. The minimum atomic E-state index is -0.205. The molecule has 1 saturated heterocycles. The van der Waals surface area contributed by atoms with E-state index >= 15 is 0 Å². The highest BCUT2D eigenvalue weighted by Crippen LogP contribution is 2.20. The lowest BCUT2D eigenvalue weighted by Gasteiger charge is -2.28. The number of rotatable bonds is 4. The van der Waals surface area contributed by atoms with Crippen molar-refractivity contribution in [1.82, 2.24) is 5.32 Å². The molecule has 0 aromatic rings. The number of aliphatic hydroxyl groups is 1. The molecule has 0 bridgehead atoms. The van der Waals surface area contributed by atoms with Gasteiger partial charge in [-0.2, -0.15) is 0 Å². The SMILES string of the molecule is OC(CNC1CCC1)C1CCOC1. The molecular formula is C10H19NO2. The summed E-state index contributed by atoms with van der Waals surface area (Å²) in [5.41, 5.74) is 0. The minimum Gasteiger partial charge on any atom is -0.391 e. The molecule has 2 atom stereocenters. The molecule has 0 aromatic carbocycles. The van der Waals surface area contributed by atoms with Gasteiger partial charge in [-0.25, -0.2) is 0 Å². The van der Waals surface area contributed by atoms with E-state index in [0.717, 1.165) is 26.2 Å². The summed E-state index contributed by atoms with van der Waals surface area (Å²) >= 11 is 0. The third-order valence-corrected chi connectivity index (χ3v) is 3.23. The topological polar surface area (TPSA) is 41.5 Å². The zero-order chi connectivity index (χ0) is 9.10.